The van der Waals surface area contributed by atoms with E-state index in [4.69, 9.17) is 4.74 Å². The summed E-state index contributed by atoms with van der Waals surface area (Å²) in [5.41, 5.74) is 1.21. The summed E-state index contributed by atoms with van der Waals surface area (Å²) in [6, 6.07) is 11.4. The van der Waals surface area contributed by atoms with Gasteiger partial charge in [0.1, 0.15) is 0 Å². The van der Waals surface area contributed by atoms with E-state index in [0.717, 1.165) is 32.5 Å². The number of hydrogen-bond donors (Lipinski definition) is 1. The molecule has 6 nitrogen and oxygen atoms in total. The quantitative estimate of drug-likeness (QED) is 0.819. The number of likely N-dealkylation sites (tertiary alicyclic amines) is 1. The lowest BCUT2D eigenvalue weighted by Crippen LogP contribution is -2.47. The minimum atomic E-state index is -0.0710. The third kappa shape index (κ3) is 5.23. The van der Waals surface area contributed by atoms with Crippen molar-refractivity contribution in [2.24, 2.45) is 0 Å². The maximum Gasteiger partial charge on any atom is 0.254 e. The second-order valence-electron chi connectivity index (χ2n) is 7.61. The maximum atomic E-state index is 12.7. The molecule has 0 radical (unpaired) electrons. The normalized spacial score (nSPS) is 20.4. The van der Waals surface area contributed by atoms with Gasteiger partial charge >= 0.3 is 0 Å². The Balaban J connectivity index is 1.31. The molecule has 2 aliphatic heterocycles. The van der Waals surface area contributed by atoms with Crippen molar-refractivity contribution in [2.45, 2.75) is 25.4 Å². The number of benzene rings is 1. The summed E-state index contributed by atoms with van der Waals surface area (Å²) in [6.07, 6.45) is 2.09. The van der Waals surface area contributed by atoms with Gasteiger partial charge < -0.3 is 15.0 Å². The summed E-state index contributed by atoms with van der Waals surface area (Å²) in [5.74, 6) is -0.0740. The molecule has 2 amide bonds. The number of nitrogens with zero attached hydrogens (tertiary/aromatic N) is 2. The number of rotatable bonds is 5. The third-order valence-electron chi connectivity index (χ3n) is 5.49. The molecule has 1 aromatic carbocycles. The molecule has 2 saturated heterocycles. The Morgan fingerprint density at radius 1 is 1.07 bits per heavy atom. The minimum absolute atomic E-state index is 0.00300. The highest BCUT2D eigenvalue weighted by atomic mass is 32.1. The number of carbonyl (C=O) groups is 2. The van der Waals surface area contributed by atoms with Crippen molar-refractivity contribution in [3.63, 3.8) is 0 Å². The van der Waals surface area contributed by atoms with Gasteiger partial charge in [0.25, 0.3) is 11.8 Å². The molecule has 0 saturated carbocycles. The predicted octanol–water partition coefficient (Wildman–Crippen LogP) is 2.61. The van der Waals surface area contributed by atoms with Crippen molar-refractivity contribution in [2.75, 3.05) is 39.4 Å². The van der Waals surface area contributed by atoms with Crippen molar-refractivity contribution in [1.29, 1.82) is 0 Å². The summed E-state index contributed by atoms with van der Waals surface area (Å²) in [7, 11) is 0. The van der Waals surface area contributed by atoms with Gasteiger partial charge in [-0.15, -0.1) is 11.3 Å². The van der Waals surface area contributed by atoms with E-state index in [9.17, 15) is 9.59 Å². The minimum Gasteiger partial charge on any atom is -0.378 e. The zero-order chi connectivity index (χ0) is 20.1. The standard InChI is InChI=1S/C22H27N3O3S/c26-21(23-19-3-1-9-24(15-19)16-20-4-2-14-29-20)17-5-7-18(8-6-17)22(27)25-10-12-28-13-11-25/h2,4-8,14,19H,1,3,9-13,15-16H2,(H,23,26). The summed E-state index contributed by atoms with van der Waals surface area (Å²) in [6.45, 7) is 5.28. The van der Waals surface area contributed by atoms with Crippen LogP contribution in [0.4, 0.5) is 0 Å². The average molecular weight is 414 g/mol. The summed E-state index contributed by atoms with van der Waals surface area (Å²) >= 11 is 1.78. The third-order valence-corrected chi connectivity index (χ3v) is 6.35. The van der Waals surface area contributed by atoms with Crippen LogP contribution < -0.4 is 5.32 Å². The number of ether oxygens (including phenoxy) is 1. The molecule has 7 heteroatoms. The van der Waals surface area contributed by atoms with Gasteiger partial charge in [-0.3, -0.25) is 14.5 Å². The molecule has 1 atom stereocenters. The molecule has 0 spiro atoms. The number of piperidine rings is 1. The van der Waals surface area contributed by atoms with Crippen LogP contribution in [0.3, 0.4) is 0 Å². The molecule has 154 valence electrons. The van der Waals surface area contributed by atoms with Crippen molar-refractivity contribution >= 4 is 23.2 Å². The average Bonchev–Trinajstić information content (AvgIpc) is 3.27. The Bertz CT molecular complexity index is 816. The second kappa shape index (κ2) is 9.52. The molecule has 29 heavy (non-hydrogen) atoms. The Kier molecular flexibility index (Phi) is 6.59. The fourth-order valence-corrected chi connectivity index (χ4v) is 4.67. The largest absolute Gasteiger partial charge is 0.378 e. The SMILES string of the molecule is O=C(NC1CCCN(Cc2cccs2)C1)c1ccc(C(=O)N2CCOCC2)cc1. The number of hydrogen-bond acceptors (Lipinski definition) is 5. The van der Waals surface area contributed by atoms with Crippen LogP contribution in [0.1, 0.15) is 38.4 Å². The van der Waals surface area contributed by atoms with Crippen molar-refractivity contribution in [1.82, 2.24) is 15.1 Å². The Morgan fingerprint density at radius 2 is 1.83 bits per heavy atom. The monoisotopic (exact) mass is 413 g/mol. The van der Waals surface area contributed by atoms with Gasteiger partial charge in [0.15, 0.2) is 0 Å². The van der Waals surface area contributed by atoms with E-state index < -0.39 is 0 Å². The van der Waals surface area contributed by atoms with Crippen LogP contribution in [0.15, 0.2) is 41.8 Å². The molecule has 0 aliphatic carbocycles. The van der Waals surface area contributed by atoms with Crippen LogP contribution >= 0.6 is 11.3 Å². The van der Waals surface area contributed by atoms with E-state index in [1.807, 2.05) is 0 Å². The molecular formula is C22H27N3O3S. The fraction of sp³-hybridized carbons (Fsp3) is 0.455. The first kappa shape index (κ1) is 20.1. The highest BCUT2D eigenvalue weighted by Crippen LogP contribution is 2.17. The van der Waals surface area contributed by atoms with Gasteiger partial charge in [0.05, 0.1) is 13.2 Å². The number of carbonyl (C=O) groups excluding carboxylic acids is 2. The molecule has 1 N–H and O–H groups in total. The molecule has 1 unspecified atom stereocenters. The molecule has 2 aromatic rings. The van der Waals surface area contributed by atoms with E-state index in [0.29, 0.717) is 37.4 Å². The lowest BCUT2D eigenvalue weighted by Gasteiger charge is -2.32. The lowest BCUT2D eigenvalue weighted by molar-refractivity contribution is 0.0303. The van der Waals surface area contributed by atoms with Crippen molar-refractivity contribution in [3.05, 3.63) is 57.8 Å². The van der Waals surface area contributed by atoms with E-state index in [2.05, 4.69) is 27.7 Å². The lowest BCUT2D eigenvalue weighted by atomic mass is 10.0. The summed E-state index contributed by atoms with van der Waals surface area (Å²) in [5, 5.41) is 5.27. The summed E-state index contributed by atoms with van der Waals surface area (Å²) < 4.78 is 5.30. The first-order valence-corrected chi connectivity index (χ1v) is 11.1. The number of nitrogens with one attached hydrogen (secondary N) is 1. The number of morpholine rings is 1. The highest BCUT2D eigenvalue weighted by Gasteiger charge is 2.23. The molecule has 0 bridgehead atoms. The first-order chi connectivity index (χ1) is 14.2. The van der Waals surface area contributed by atoms with Crippen molar-refractivity contribution < 1.29 is 14.3 Å². The summed E-state index contributed by atoms with van der Waals surface area (Å²) in [4.78, 5) is 30.8. The maximum absolute atomic E-state index is 12.7. The molecular weight excluding hydrogens is 386 g/mol. The topological polar surface area (TPSA) is 61.9 Å². The van der Waals surface area contributed by atoms with E-state index in [-0.39, 0.29) is 17.9 Å². The Hall–Kier alpha value is -2.22. The zero-order valence-corrected chi connectivity index (χ0v) is 17.3. The fourth-order valence-electron chi connectivity index (χ4n) is 3.92. The van der Waals surface area contributed by atoms with Crippen LogP contribution in [0, 0.1) is 0 Å². The van der Waals surface area contributed by atoms with Crippen molar-refractivity contribution in [3.8, 4) is 0 Å². The van der Waals surface area contributed by atoms with Crippen LogP contribution in [0.5, 0.6) is 0 Å². The molecule has 3 heterocycles. The van der Waals surface area contributed by atoms with E-state index >= 15 is 0 Å². The highest BCUT2D eigenvalue weighted by molar-refractivity contribution is 7.09. The van der Waals surface area contributed by atoms with Gasteiger partial charge in [0, 0.05) is 48.2 Å². The number of amides is 2. The van der Waals surface area contributed by atoms with E-state index in [1.54, 1.807) is 40.5 Å². The zero-order valence-electron chi connectivity index (χ0n) is 16.5. The van der Waals surface area contributed by atoms with Crippen LogP contribution in [-0.2, 0) is 11.3 Å². The van der Waals surface area contributed by atoms with Gasteiger partial charge in [-0.25, -0.2) is 0 Å². The van der Waals surface area contributed by atoms with Gasteiger partial charge in [0.2, 0.25) is 0 Å². The molecule has 4 rings (SSSR count). The first-order valence-electron chi connectivity index (χ1n) is 10.2. The number of thiophene rings is 1. The predicted molar refractivity (Wildman–Crippen MR) is 113 cm³/mol. The molecule has 1 aromatic heterocycles. The van der Waals surface area contributed by atoms with Gasteiger partial charge in [-0.05, 0) is 55.1 Å². The molecule has 2 aliphatic rings. The Morgan fingerprint density at radius 3 is 2.55 bits per heavy atom. The second-order valence-corrected chi connectivity index (χ2v) is 8.64. The Labute approximate surface area is 175 Å². The van der Waals surface area contributed by atoms with Crippen LogP contribution in [0.2, 0.25) is 0 Å². The van der Waals surface area contributed by atoms with Gasteiger partial charge in [-0.2, -0.15) is 0 Å². The smallest absolute Gasteiger partial charge is 0.254 e. The molecule has 2 fully saturated rings. The van der Waals surface area contributed by atoms with E-state index in [1.165, 1.54) is 4.88 Å². The van der Waals surface area contributed by atoms with Crippen LogP contribution in [-0.4, -0.2) is 67.0 Å². The van der Waals surface area contributed by atoms with Crippen LogP contribution in [0.25, 0.3) is 0 Å². The van der Waals surface area contributed by atoms with Gasteiger partial charge in [-0.1, -0.05) is 6.07 Å².